The quantitative estimate of drug-likeness (QED) is 0.192. The molecule has 1 atom stereocenters. The fourth-order valence-corrected chi connectivity index (χ4v) is 8.76. The molecule has 0 saturated carbocycles. The lowest BCUT2D eigenvalue weighted by molar-refractivity contribution is 0.968. The van der Waals surface area contributed by atoms with Gasteiger partial charge in [-0.2, -0.15) is 0 Å². The largest absolute Gasteiger partial charge is 0.219 e. The predicted octanol–water partition coefficient (Wildman–Crippen LogP) is 11.9. The van der Waals surface area contributed by atoms with Gasteiger partial charge in [0.1, 0.15) is 0 Å². The Morgan fingerprint density at radius 2 is 1.02 bits per heavy atom. The van der Waals surface area contributed by atoms with Crippen LogP contribution in [0.25, 0.3) is 82.6 Å². The number of rotatable bonds is 5. The van der Waals surface area contributed by atoms with Crippen LogP contribution in [0.15, 0.2) is 164 Å². The van der Waals surface area contributed by atoms with Gasteiger partial charge in [-0.25, -0.2) is 9.50 Å². The first-order chi connectivity index (χ1) is 23.2. The van der Waals surface area contributed by atoms with E-state index in [4.69, 9.17) is 10.1 Å². The van der Waals surface area contributed by atoms with Gasteiger partial charge >= 0.3 is 0 Å². The molecule has 0 N–H and O–H groups in total. The summed E-state index contributed by atoms with van der Waals surface area (Å²) < 4.78 is 1.93. The number of fused-ring (bicyclic) bond motifs is 4. The van der Waals surface area contributed by atoms with E-state index in [-0.39, 0.29) is 7.53 Å². The van der Waals surface area contributed by atoms with Gasteiger partial charge in [0.2, 0.25) is 0 Å². The fourth-order valence-electron chi connectivity index (χ4n) is 6.79. The van der Waals surface area contributed by atoms with Crippen molar-refractivity contribution in [2.75, 3.05) is 0 Å². The lowest BCUT2D eigenvalue weighted by atomic mass is 9.97. The van der Waals surface area contributed by atoms with E-state index in [0.717, 1.165) is 39.0 Å². The van der Waals surface area contributed by atoms with Gasteiger partial charge in [-0.05, 0) is 81.1 Å². The maximum Gasteiger partial charge on any atom is 0.182 e. The van der Waals surface area contributed by atoms with Crippen LogP contribution in [0.5, 0.6) is 0 Å². The summed E-state index contributed by atoms with van der Waals surface area (Å²) in [6.45, 7) is 2.37. The SMILES string of the molecule is Cp1c2ccccc2c2cc(-c3cccc(-c4cccc(-c5nc6c(-c7ccccc7)cc(-c7ccccc7)cn6n5)c4)c3)ccc21. The van der Waals surface area contributed by atoms with Crippen LogP contribution in [0.3, 0.4) is 0 Å². The minimum absolute atomic E-state index is 0.297. The first-order valence-electron chi connectivity index (χ1n) is 15.9. The van der Waals surface area contributed by atoms with Gasteiger partial charge in [0.15, 0.2) is 11.5 Å². The van der Waals surface area contributed by atoms with E-state index in [1.807, 2.05) is 16.6 Å². The molecule has 9 aromatic rings. The molecule has 0 spiro atoms. The molecular formula is C43H30N3P. The standard InChI is InChI=1S/C43H30N3P/c1-47-40-21-9-8-20-37(40)39-26-34(22-23-41(39)47)32-17-10-16-31(24-32)33-18-11-19-35(25-33)42-44-43-38(30-14-6-3-7-15-30)27-36(28-46(43)45-42)29-12-4-2-5-13-29/h2-28H,1H3. The molecule has 6 aromatic carbocycles. The van der Waals surface area contributed by atoms with Gasteiger partial charge in [-0.15, -0.1) is 12.6 Å². The van der Waals surface area contributed by atoms with Crippen molar-refractivity contribution in [3.63, 3.8) is 0 Å². The van der Waals surface area contributed by atoms with Crippen LogP contribution in [0.2, 0.25) is 0 Å². The maximum atomic E-state index is 5.11. The van der Waals surface area contributed by atoms with E-state index in [9.17, 15) is 0 Å². The molecule has 0 radical (unpaired) electrons. The summed E-state index contributed by atoms with van der Waals surface area (Å²) in [4.78, 5) is 5.11. The van der Waals surface area contributed by atoms with Crippen LogP contribution < -0.4 is 0 Å². The third-order valence-corrected chi connectivity index (χ3v) is 11.4. The van der Waals surface area contributed by atoms with Crippen molar-refractivity contribution in [3.05, 3.63) is 164 Å². The number of hydrogen-bond acceptors (Lipinski definition) is 2. The Balaban J connectivity index is 1.12. The fraction of sp³-hybridized carbons (Fsp3) is 0.0233. The van der Waals surface area contributed by atoms with Crippen LogP contribution in [0.1, 0.15) is 0 Å². The molecule has 0 bridgehead atoms. The molecule has 222 valence electrons. The van der Waals surface area contributed by atoms with Crippen LogP contribution in [0.4, 0.5) is 0 Å². The lowest BCUT2D eigenvalue weighted by Gasteiger charge is -2.08. The predicted molar refractivity (Wildman–Crippen MR) is 199 cm³/mol. The first-order valence-corrected chi connectivity index (χ1v) is 17.7. The van der Waals surface area contributed by atoms with Gasteiger partial charge in [0.25, 0.3) is 0 Å². The van der Waals surface area contributed by atoms with E-state index in [0.29, 0.717) is 5.82 Å². The van der Waals surface area contributed by atoms with E-state index in [1.165, 1.54) is 37.7 Å². The molecule has 0 aliphatic carbocycles. The summed E-state index contributed by atoms with van der Waals surface area (Å²) in [7, 11) is -0.297. The second kappa shape index (κ2) is 11.2. The van der Waals surface area contributed by atoms with Gasteiger partial charge in [0, 0.05) is 33.1 Å². The molecular weight excluding hydrogens is 589 g/mol. The summed E-state index contributed by atoms with van der Waals surface area (Å²) in [6, 6.07) is 56.4. The van der Waals surface area contributed by atoms with Crippen LogP contribution in [-0.2, 0) is 6.66 Å². The van der Waals surface area contributed by atoms with Crippen molar-refractivity contribution in [2.24, 2.45) is 6.66 Å². The van der Waals surface area contributed by atoms with Crippen molar-refractivity contribution in [3.8, 4) is 55.9 Å². The average molecular weight is 620 g/mol. The van der Waals surface area contributed by atoms with Gasteiger partial charge in [-0.1, -0.05) is 127 Å². The van der Waals surface area contributed by atoms with E-state index in [1.54, 1.807) is 0 Å². The van der Waals surface area contributed by atoms with E-state index in [2.05, 4.69) is 158 Å². The summed E-state index contributed by atoms with van der Waals surface area (Å²) in [5.41, 5.74) is 11.0. The Kier molecular flexibility index (Phi) is 6.59. The third kappa shape index (κ3) is 4.84. The number of pyridine rings is 1. The normalized spacial score (nSPS) is 11.9. The van der Waals surface area contributed by atoms with Gasteiger partial charge < -0.3 is 0 Å². The molecule has 0 aliphatic heterocycles. The Morgan fingerprint density at radius 1 is 0.447 bits per heavy atom. The second-order valence-corrected chi connectivity index (χ2v) is 14.1. The molecule has 9 rings (SSSR count). The number of nitrogens with zero attached hydrogens (tertiary/aromatic N) is 3. The minimum Gasteiger partial charge on any atom is -0.219 e. The van der Waals surface area contributed by atoms with Crippen molar-refractivity contribution in [1.82, 2.24) is 14.6 Å². The highest BCUT2D eigenvalue weighted by Gasteiger charge is 2.15. The van der Waals surface area contributed by atoms with Crippen molar-refractivity contribution < 1.29 is 0 Å². The number of aryl methyl sites for hydroxylation is 1. The van der Waals surface area contributed by atoms with Crippen molar-refractivity contribution >= 4 is 34.2 Å². The zero-order valence-electron chi connectivity index (χ0n) is 25.9. The van der Waals surface area contributed by atoms with Gasteiger partial charge in [0.05, 0.1) is 0 Å². The van der Waals surface area contributed by atoms with E-state index >= 15 is 0 Å². The van der Waals surface area contributed by atoms with E-state index < -0.39 is 0 Å². The molecule has 3 nitrogen and oxygen atoms in total. The minimum atomic E-state index is -0.297. The molecule has 1 unspecified atom stereocenters. The maximum absolute atomic E-state index is 5.11. The Bertz CT molecular complexity index is 2580. The molecule has 0 fully saturated rings. The molecule has 0 saturated heterocycles. The number of benzene rings is 6. The third-order valence-electron chi connectivity index (χ3n) is 9.19. The van der Waals surface area contributed by atoms with Crippen LogP contribution >= 0.6 is 7.53 Å². The first kappa shape index (κ1) is 27.5. The molecule has 0 aliphatic rings. The zero-order valence-corrected chi connectivity index (χ0v) is 26.8. The monoisotopic (exact) mass is 619 g/mol. The summed E-state index contributed by atoms with van der Waals surface area (Å²) in [6.07, 6.45) is 2.08. The van der Waals surface area contributed by atoms with Crippen molar-refractivity contribution in [2.45, 2.75) is 0 Å². The molecule has 47 heavy (non-hydrogen) atoms. The summed E-state index contributed by atoms with van der Waals surface area (Å²) in [5.74, 6) is 0.707. The lowest BCUT2D eigenvalue weighted by Crippen LogP contribution is -1.93. The Morgan fingerprint density at radius 3 is 1.77 bits per heavy atom. The van der Waals surface area contributed by atoms with Gasteiger partial charge in [-0.3, -0.25) is 0 Å². The van der Waals surface area contributed by atoms with Crippen LogP contribution in [0, 0.1) is 0 Å². The number of aromatic nitrogens is 3. The molecule has 0 amide bonds. The Labute approximate surface area is 274 Å². The highest BCUT2D eigenvalue weighted by molar-refractivity contribution is 7.59. The number of hydrogen-bond donors (Lipinski definition) is 0. The smallest absolute Gasteiger partial charge is 0.182 e. The summed E-state index contributed by atoms with van der Waals surface area (Å²) in [5, 5.41) is 10.7. The van der Waals surface area contributed by atoms with Crippen LogP contribution in [-0.4, -0.2) is 14.6 Å². The molecule has 3 heterocycles. The Hall–Kier alpha value is -5.76. The molecule has 3 aromatic heterocycles. The second-order valence-electron chi connectivity index (χ2n) is 12.0. The zero-order chi connectivity index (χ0) is 31.3. The highest BCUT2D eigenvalue weighted by Crippen LogP contribution is 2.47. The average Bonchev–Trinajstić information content (AvgIpc) is 3.71. The summed E-state index contributed by atoms with van der Waals surface area (Å²) >= 11 is 0. The topological polar surface area (TPSA) is 30.2 Å². The highest BCUT2D eigenvalue weighted by atomic mass is 31.1. The van der Waals surface area contributed by atoms with Crippen molar-refractivity contribution in [1.29, 1.82) is 0 Å². The molecule has 4 heteroatoms.